The summed E-state index contributed by atoms with van der Waals surface area (Å²) in [6.45, 7) is 3.55. The zero-order chi connectivity index (χ0) is 13.5. The Morgan fingerprint density at radius 2 is 2.22 bits per heavy atom. The van der Waals surface area contributed by atoms with Crippen molar-refractivity contribution in [3.63, 3.8) is 0 Å². The van der Waals surface area contributed by atoms with E-state index < -0.39 is 5.97 Å². The first-order valence-electron chi connectivity index (χ1n) is 5.06. The lowest BCUT2D eigenvalue weighted by Gasteiger charge is -2.06. The minimum absolute atomic E-state index is 0.0341. The fraction of sp³-hybridized carbons (Fsp3) is 0.167. The largest absolute Gasteiger partial charge is 0.478 e. The maximum atomic E-state index is 11.5. The third-order valence-electron chi connectivity index (χ3n) is 1.95. The SMILES string of the molecule is C=CCSCC(=O)Nc1ccc(Cl)c(C(=O)O)c1. The molecule has 0 radical (unpaired) electrons. The zero-order valence-electron chi connectivity index (χ0n) is 9.48. The Morgan fingerprint density at radius 1 is 1.50 bits per heavy atom. The number of benzene rings is 1. The molecule has 0 aliphatic carbocycles. The molecule has 1 aromatic rings. The number of hydrogen-bond acceptors (Lipinski definition) is 3. The first kappa shape index (κ1) is 14.6. The number of nitrogens with one attached hydrogen (secondary N) is 1. The highest BCUT2D eigenvalue weighted by molar-refractivity contribution is 8.00. The van der Waals surface area contributed by atoms with Gasteiger partial charge in [0.25, 0.3) is 0 Å². The van der Waals surface area contributed by atoms with E-state index >= 15 is 0 Å². The Bertz CT molecular complexity index is 476. The van der Waals surface area contributed by atoms with Crippen LogP contribution in [0.5, 0.6) is 0 Å². The highest BCUT2D eigenvalue weighted by atomic mass is 35.5. The van der Waals surface area contributed by atoms with Gasteiger partial charge in [0.05, 0.1) is 16.3 Å². The first-order valence-corrected chi connectivity index (χ1v) is 6.59. The molecule has 2 N–H and O–H groups in total. The van der Waals surface area contributed by atoms with E-state index in [1.165, 1.54) is 23.9 Å². The molecule has 0 fully saturated rings. The minimum atomic E-state index is -1.13. The summed E-state index contributed by atoms with van der Waals surface area (Å²) in [7, 11) is 0. The molecule has 1 rings (SSSR count). The second-order valence-electron chi connectivity index (χ2n) is 3.35. The van der Waals surface area contributed by atoms with Gasteiger partial charge in [-0.15, -0.1) is 18.3 Å². The van der Waals surface area contributed by atoms with Crippen LogP contribution in [-0.4, -0.2) is 28.5 Å². The summed E-state index contributed by atoms with van der Waals surface area (Å²) in [4.78, 5) is 22.4. The molecule has 6 heteroatoms. The second-order valence-corrected chi connectivity index (χ2v) is 4.79. The van der Waals surface area contributed by atoms with Gasteiger partial charge in [-0.3, -0.25) is 4.79 Å². The van der Waals surface area contributed by atoms with E-state index in [1.54, 1.807) is 12.1 Å². The Balaban J connectivity index is 2.67. The molecular formula is C12H12ClNO3S. The molecule has 0 aliphatic rings. The van der Waals surface area contributed by atoms with Crippen molar-refractivity contribution in [3.05, 3.63) is 41.4 Å². The second kappa shape index (κ2) is 7.08. The topological polar surface area (TPSA) is 66.4 Å². The molecule has 0 saturated heterocycles. The van der Waals surface area contributed by atoms with Crippen molar-refractivity contribution in [2.45, 2.75) is 0 Å². The van der Waals surface area contributed by atoms with Crippen LogP contribution in [0.1, 0.15) is 10.4 Å². The van der Waals surface area contributed by atoms with Crippen molar-refractivity contribution in [1.29, 1.82) is 0 Å². The average molecular weight is 286 g/mol. The molecule has 96 valence electrons. The molecule has 0 unspecified atom stereocenters. The number of anilines is 1. The average Bonchev–Trinajstić information content (AvgIpc) is 2.31. The third-order valence-corrected chi connectivity index (χ3v) is 3.22. The predicted molar refractivity (Wildman–Crippen MR) is 74.6 cm³/mol. The van der Waals surface area contributed by atoms with Crippen LogP contribution in [-0.2, 0) is 4.79 Å². The number of amides is 1. The molecule has 0 aromatic heterocycles. The van der Waals surface area contributed by atoms with Crippen LogP contribution in [0.15, 0.2) is 30.9 Å². The molecule has 1 aromatic carbocycles. The van der Waals surface area contributed by atoms with Crippen LogP contribution in [0.25, 0.3) is 0 Å². The molecular weight excluding hydrogens is 274 g/mol. The summed E-state index contributed by atoms with van der Waals surface area (Å²) >= 11 is 7.14. The lowest BCUT2D eigenvalue weighted by molar-refractivity contribution is -0.113. The lowest BCUT2D eigenvalue weighted by atomic mass is 10.2. The van der Waals surface area contributed by atoms with Crippen LogP contribution in [0.2, 0.25) is 5.02 Å². The fourth-order valence-corrected chi connectivity index (χ4v) is 1.94. The van der Waals surface area contributed by atoms with Gasteiger partial charge in [0.1, 0.15) is 0 Å². The van der Waals surface area contributed by atoms with Crippen molar-refractivity contribution in [2.24, 2.45) is 0 Å². The highest BCUT2D eigenvalue weighted by Crippen LogP contribution is 2.20. The number of rotatable bonds is 6. The van der Waals surface area contributed by atoms with Crippen molar-refractivity contribution < 1.29 is 14.7 Å². The van der Waals surface area contributed by atoms with Gasteiger partial charge in [0.2, 0.25) is 5.91 Å². The minimum Gasteiger partial charge on any atom is -0.478 e. The van der Waals surface area contributed by atoms with Gasteiger partial charge in [0, 0.05) is 11.4 Å². The van der Waals surface area contributed by atoms with Crippen LogP contribution in [0.3, 0.4) is 0 Å². The number of thioether (sulfide) groups is 1. The van der Waals surface area contributed by atoms with Crippen LogP contribution in [0, 0.1) is 0 Å². The van der Waals surface area contributed by atoms with E-state index in [0.717, 1.165) is 0 Å². The van der Waals surface area contributed by atoms with Gasteiger partial charge >= 0.3 is 5.97 Å². The first-order chi connectivity index (χ1) is 8.54. The maximum absolute atomic E-state index is 11.5. The molecule has 0 heterocycles. The molecule has 0 spiro atoms. The molecule has 1 amide bonds. The summed E-state index contributed by atoms with van der Waals surface area (Å²) in [5.74, 6) is -0.344. The van der Waals surface area contributed by atoms with Crippen molar-refractivity contribution in [2.75, 3.05) is 16.8 Å². The summed E-state index contributed by atoms with van der Waals surface area (Å²) in [5.41, 5.74) is 0.384. The van der Waals surface area contributed by atoms with E-state index in [0.29, 0.717) is 11.4 Å². The van der Waals surface area contributed by atoms with Crippen molar-refractivity contribution in [3.8, 4) is 0 Å². The molecule has 18 heavy (non-hydrogen) atoms. The summed E-state index contributed by atoms with van der Waals surface area (Å²) in [6, 6.07) is 4.34. The number of carboxylic acid groups (broad SMARTS) is 1. The summed E-state index contributed by atoms with van der Waals surface area (Å²) < 4.78 is 0. The molecule has 4 nitrogen and oxygen atoms in total. The third kappa shape index (κ3) is 4.43. The fourth-order valence-electron chi connectivity index (χ4n) is 1.20. The van der Waals surface area contributed by atoms with E-state index in [1.807, 2.05) is 0 Å². The van der Waals surface area contributed by atoms with Crippen LogP contribution in [0.4, 0.5) is 5.69 Å². The van der Waals surface area contributed by atoms with E-state index in [4.69, 9.17) is 16.7 Å². The van der Waals surface area contributed by atoms with E-state index in [9.17, 15) is 9.59 Å². The van der Waals surface area contributed by atoms with Gasteiger partial charge in [-0.05, 0) is 18.2 Å². The van der Waals surface area contributed by atoms with Gasteiger partial charge in [0.15, 0.2) is 0 Å². The number of hydrogen-bond donors (Lipinski definition) is 2. The predicted octanol–water partition coefficient (Wildman–Crippen LogP) is 2.90. The number of carboxylic acids is 1. The van der Waals surface area contributed by atoms with Crippen LogP contribution >= 0.6 is 23.4 Å². The molecule has 0 atom stereocenters. The number of carbonyl (C=O) groups excluding carboxylic acids is 1. The summed E-state index contributed by atoms with van der Waals surface area (Å²) in [5, 5.41) is 11.6. The standard InChI is InChI=1S/C12H12ClNO3S/c1-2-5-18-7-11(15)14-8-3-4-10(13)9(6-8)12(16)17/h2-4,6H,1,5,7H2,(H,14,15)(H,16,17). The Hall–Kier alpha value is -1.46. The van der Waals surface area contributed by atoms with Gasteiger partial charge in [-0.1, -0.05) is 17.7 Å². The monoisotopic (exact) mass is 285 g/mol. The maximum Gasteiger partial charge on any atom is 0.337 e. The number of aromatic carboxylic acids is 1. The van der Waals surface area contributed by atoms with Crippen LogP contribution < -0.4 is 5.32 Å². The zero-order valence-corrected chi connectivity index (χ0v) is 11.1. The molecule has 0 saturated carbocycles. The van der Waals surface area contributed by atoms with Gasteiger partial charge in [-0.2, -0.15) is 0 Å². The smallest absolute Gasteiger partial charge is 0.337 e. The Morgan fingerprint density at radius 3 is 2.83 bits per heavy atom. The summed E-state index contributed by atoms with van der Waals surface area (Å²) in [6.07, 6.45) is 1.71. The number of halogens is 1. The van der Waals surface area contributed by atoms with Crippen molar-refractivity contribution in [1.82, 2.24) is 0 Å². The Labute approximate surface area is 114 Å². The van der Waals surface area contributed by atoms with Gasteiger partial charge in [-0.25, -0.2) is 4.79 Å². The molecule has 0 aliphatic heterocycles. The van der Waals surface area contributed by atoms with Crippen molar-refractivity contribution >= 4 is 40.9 Å². The lowest BCUT2D eigenvalue weighted by Crippen LogP contribution is -2.14. The molecule has 0 bridgehead atoms. The Kier molecular flexibility index (Phi) is 5.74. The van der Waals surface area contributed by atoms with Gasteiger partial charge < -0.3 is 10.4 Å². The highest BCUT2D eigenvalue weighted by Gasteiger charge is 2.10. The number of carbonyl (C=O) groups is 2. The van der Waals surface area contributed by atoms with E-state index in [-0.39, 0.29) is 22.2 Å². The van der Waals surface area contributed by atoms with E-state index in [2.05, 4.69) is 11.9 Å². The normalized spacial score (nSPS) is 9.83. The quantitative estimate of drug-likeness (QED) is 0.623.